The van der Waals surface area contributed by atoms with Gasteiger partial charge in [-0.1, -0.05) is 23.7 Å². The van der Waals surface area contributed by atoms with Crippen LogP contribution in [0.3, 0.4) is 0 Å². The Bertz CT molecular complexity index is 498. The van der Waals surface area contributed by atoms with Crippen molar-refractivity contribution in [3.63, 3.8) is 0 Å². The monoisotopic (exact) mass is 280 g/mol. The largest absolute Gasteiger partial charge is 0.481 e. The zero-order valence-electron chi connectivity index (χ0n) is 10.6. The van der Waals surface area contributed by atoms with Gasteiger partial charge in [0.1, 0.15) is 5.41 Å². The number of rotatable bonds is 4. The molecule has 1 aliphatic heterocycles. The molecule has 0 radical (unpaired) electrons. The standard InChI is InChI=1S/C15H17ClO3/c16-12-3-1-2-10(8-12)9-15(14(17)18)6-7-19-13(15)11-4-5-11/h1-3,8,11,13H,4-7,9H2,(H,17,18). The average Bonchev–Trinajstić information content (AvgIpc) is 3.11. The van der Waals surface area contributed by atoms with Crippen LogP contribution in [0.4, 0.5) is 0 Å². The first-order valence-corrected chi connectivity index (χ1v) is 7.09. The van der Waals surface area contributed by atoms with E-state index in [4.69, 9.17) is 16.3 Å². The van der Waals surface area contributed by atoms with Crippen LogP contribution < -0.4 is 0 Å². The number of carboxylic acid groups (broad SMARTS) is 1. The minimum atomic E-state index is -0.772. The summed E-state index contributed by atoms with van der Waals surface area (Å²) in [6.07, 6.45) is 3.15. The number of hydrogen-bond donors (Lipinski definition) is 1. The molecule has 1 aromatic rings. The zero-order valence-corrected chi connectivity index (χ0v) is 11.4. The molecule has 0 spiro atoms. The van der Waals surface area contributed by atoms with Gasteiger partial charge in [-0.3, -0.25) is 4.79 Å². The van der Waals surface area contributed by atoms with Crippen molar-refractivity contribution in [2.24, 2.45) is 11.3 Å². The molecule has 1 saturated carbocycles. The van der Waals surface area contributed by atoms with E-state index in [-0.39, 0.29) is 6.10 Å². The summed E-state index contributed by atoms with van der Waals surface area (Å²) in [6, 6.07) is 7.48. The van der Waals surface area contributed by atoms with Crippen LogP contribution >= 0.6 is 11.6 Å². The summed E-state index contributed by atoms with van der Waals surface area (Å²) in [5.41, 5.74) is 0.206. The second-order valence-corrected chi connectivity index (χ2v) is 6.08. The van der Waals surface area contributed by atoms with Crippen LogP contribution in [-0.4, -0.2) is 23.8 Å². The van der Waals surface area contributed by atoms with E-state index in [1.807, 2.05) is 24.3 Å². The summed E-state index contributed by atoms with van der Waals surface area (Å²) >= 11 is 5.99. The van der Waals surface area contributed by atoms with Crippen molar-refractivity contribution < 1.29 is 14.6 Å². The molecular weight excluding hydrogens is 264 g/mol. The number of hydrogen-bond acceptors (Lipinski definition) is 2. The van der Waals surface area contributed by atoms with E-state index >= 15 is 0 Å². The highest BCUT2D eigenvalue weighted by Gasteiger charge is 2.55. The molecule has 1 saturated heterocycles. The van der Waals surface area contributed by atoms with E-state index in [1.165, 1.54) is 0 Å². The highest BCUT2D eigenvalue weighted by molar-refractivity contribution is 6.30. The normalized spacial score (nSPS) is 30.5. The Hall–Kier alpha value is -1.06. The van der Waals surface area contributed by atoms with Crippen LogP contribution in [-0.2, 0) is 16.0 Å². The first-order valence-electron chi connectivity index (χ1n) is 6.71. The van der Waals surface area contributed by atoms with Gasteiger partial charge in [0.2, 0.25) is 0 Å². The molecule has 1 N–H and O–H groups in total. The van der Waals surface area contributed by atoms with Crippen molar-refractivity contribution in [3.05, 3.63) is 34.9 Å². The highest BCUT2D eigenvalue weighted by Crippen LogP contribution is 2.49. The van der Waals surface area contributed by atoms with Crippen molar-refractivity contribution in [2.45, 2.75) is 31.8 Å². The van der Waals surface area contributed by atoms with Gasteiger partial charge in [-0.15, -0.1) is 0 Å². The summed E-state index contributed by atoms with van der Waals surface area (Å²) in [6.45, 7) is 0.550. The average molecular weight is 281 g/mol. The third kappa shape index (κ3) is 2.37. The van der Waals surface area contributed by atoms with E-state index in [0.717, 1.165) is 18.4 Å². The topological polar surface area (TPSA) is 46.5 Å². The Morgan fingerprint density at radius 3 is 2.89 bits per heavy atom. The van der Waals surface area contributed by atoms with Crippen molar-refractivity contribution in [2.75, 3.05) is 6.61 Å². The molecule has 1 aliphatic carbocycles. The molecule has 1 aromatic carbocycles. The Morgan fingerprint density at radius 2 is 2.26 bits per heavy atom. The summed E-state index contributed by atoms with van der Waals surface area (Å²) in [5.74, 6) is -0.306. The second-order valence-electron chi connectivity index (χ2n) is 5.65. The fraction of sp³-hybridized carbons (Fsp3) is 0.533. The summed E-state index contributed by atoms with van der Waals surface area (Å²) in [4.78, 5) is 11.8. The lowest BCUT2D eigenvalue weighted by Crippen LogP contribution is -2.42. The molecule has 2 fully saturated rings. The third-order valence-electron chi connectivity index (χ3n) is 4.27. The number of ether oxygens (including phenoxy) is 1. The molecular formula is C15H17ClO3. The van der Waals surface area contributed by atoms with Gasteiger partial charge in [0, 0.05) is 11.6 Å². The Balaban J connectivity index is 1.90. The molecule has 102 valence electrons. The minimum Gasteiger partial charge on any atom is -0.481 e. The lowest BCUT2D eigenvalue weighted by Gasteiger charge is -2.30. The number of carboxylic acids is 1. The maximum atomic E-state index is 11.8. The van der Waals surface area contributed by atoms with Gasteiger partial charge in [0.25, 0.3) is 0 Å². The molecule has 19 heavy (non-hydrogen) atoms. The molecule has 2 atom stereocenters. The van der Waals surface area contributed by atoms with Crippen LogP contribution in [0, 0.1) is 11.3 Å². The van der Waals surface area contributed by atoms with Crippen LogP contribution in [0.25, 0.3) is 0 Å². The van der Waals surface area contributed by atoms with E-state index in [0.29, 0.717) is 30.4 Å². The maximum absolute atomic E-state index is 11.8. The molecule has 2 aliphatic rings. The van der Waals surface area contributed by atoms with Gasteiger partial charge in [0.05, 0.1) is 6.10 Å². The van der Waals surface area contributed by atoms with Gasteiger partial charge >= 0.3 is 5.97 Å². The molecule has 1 heterocycles. The predicted octanol–water partition coefficient (Wildman–Crippen LogP) is 3.15. The molecule has 3 rings (SSSR count). The third-order valence-corrected chi connectivity index (χ3v) is 4.51. The van der Waals surface area contributed by atoms with E-state index in [1.54, 1.807) is 0 Å². The van der Waals surface area contributed by atoms with E-state index < -0.39 is 11.4 Å². The number of benzene rings is 1. The smallest absolute Gasteiger partial charge is 0.312 e. The van der Waals surface area contributed by atoms with Gasteiger partial charge in [-0.05, 0) is 49.3 Å². The summed E-state index contributed by atoms with van der Waals surface area (Å²) < 4.78 is 5.74. The number of halogens is 1. The minimum absolute atomic E-state index is 0.135. The van der Waals surface area contributed by atoms with Crippen molar-refractivity contribution in [1.82, 2.24) is 0 Å². The first kappa shape index (κ1) is 12.9. The Morgan fingerprint density at radius 1 is 1.47 bits per heavy atom. The molecule has 4 heteroatoms. The van der Waals surface area contributed by atoms with Crippen molar-refractivity contribution >= 4 is 17.6 Å². The van der Waals surface area contributed by atoms with Gasteiger partial charge in [0.15, 0.2) is 0 Å². The van der Waals surface area contributed by atoms with Gasteiger partial charge in [-0.2, -0.15) is 0 Å². The fourth-order valence-electron chi connectivity index (χ4n) is 3.16. The molecule has 3 nitrogen and oxygen atoms in total. The Kier molecular flexibility index (Phi) is 3.27. The number of carbonyl (C=O) groups is 1. The van der Waals surface area contributed by atoms with E-state index in [2.05, 4.69) is 0 Å². The maximum Gasteiger partial charge on any atom is 0.312 e. The lowest BCUT2D eigenvalue weighted by molar-refractivity contribution is -0.153. The van der Waals surface area contributed by atoms with Crippen LogP contribution in [0.1, 0.15) is 24.8 Å². The SMILES string of the molecule is O=C(O)C1(Cc2cccc(Cl)c2)CCOC1C1CC1. The second kappa shape index (κ2) is 4.80. The molecule has 0 aromatic heterocycles. The van der Waals surface area contributed by atoms with Crippen LogP contribution in [0.2, 0.25) is 5.02 Å². The van der Waals surface area contributed by atoms with E-state index in [9.17, 15) is 9.90 Å². The molecule has 0 bridgehead atoms. The van der Waals surface area contributed by atoms with Gasteiger partial charge in [-0.25, -0.2) is 0 Å². The van der Waals surface area contributed by atoms with Crippen molar-refractivity contribution in [3.8, 4) is 0 Å². The quantitative estimate of drug-likeness (QED) is 0.921. The molecule has 2 unspecified atom stereocenters. The predicted molar refractivity (Wildman–Crippen MR) is 72.3 cm³/mol. The summed E-state index contributed by atoms with van der Waals surface area (Å²) in [7, 11) is 0. The van der Waals surface area contributed by atoms with Crippen molar-refractivity contribution in [1.29, 1.82) is 0 Å². The fourth-order valence-corrected chi connectivity index (χ4v) is 3.37. The lowest BCUT2D eigenvalue weighted by atomic mass is 9.74. The van der Waals surface area contributed by atoms with Gasteiger partial charge < -0.3 is 9.84 Å². The van der Waals surface area contributed by atoms with Crippen LogP contribution in [0.5, 0.6) is 0 Å². The zero-order chi connectivity index (χ0) is 13.5. The summed E-state index contributed by atoms with van der Waals surface area (Å²) in [5, 5.41) is 10.4. The first-order chi connectivity index (χ1) is 9.12. The Labute approximate surface area is 117 Å². The number of aliphatic carboxylic acids is 1. The highest BCUT2D eigenvalue weighted by atomic mass is 35.5. The van der Waals surface area contributed by atoms with Crippen LogP contribution in [0.15, 0.2) is 24.3 Å². The molecule has 0 amide bonds.